The van der Waals surface area contributed by atoms with E-state index >= 15 is 0 Å². The van der Waals surface area contributed by atoms with Gasteiger partial charge in [-0.05, 0) is 36.7 Å². The van der Waals surface area contributed by atoms with Crippen LogP contribution in [0.15, 0.2) is 10.8 Å². The quantitative estimate of drug-likeness (QED) is 0.870. The molecule has 1 heterocycles. The summed E-state index contributed by atoms with van der Waals surface area (Å²) in [5.41, 5.74) is -0.0647. The zero-order valence-electron chi connectivity index (χ0n) is 11.8. The third-order valence-electron chi connectivity index (χ3n) is 2.25. The normalized spacial score (nSPS) is 12.8. The zero-order chi connectivity index (χ0) is 15.5. The van der Waals surface area contributed by atoms with Crippen molar-refractivity contribution in [1.82, 2.24) is 15.1 Å². The van der Waals surface area contributed by atoms with E-state index in [1.807, 2.05) is 0 Å². The number of aromatic nitrogens is 2. The number of alkyl carbamates (subject to hydrolysis) is 1. The van der Waals surface area contributed by atoms with Gasteiger partial charge in [0.2, 0.25) is 0 Å². The standard InChI is InChI=1S/C12H18BrN3O4/c1-12(2,3)20-11(19)14-8(5-9(17)18)7-6-16(4)15-10(7)13/h6,8H,5H2,1-4H3,(H,14,19)(H,17,18). The summed E-state index contributed by atoms with van der Waals surface area (Å²) >= 11 is 3.24. The Kier molecular flexibility index (Phi) is 5.15. The molecule has 0 saturated heterocycles. The molecule has 1 aromatic heterocycles. The molecule has 1 aromatic rings. The molecule has 7 nitrogen and oxygen atoms in total. The maximum Gasteiger partial charge on any atom is 0.408 e. The van der Waals surface area contributed by atoms with Crippen LogP contribution < -0.4 is 5.32 Å². The van der Waals surface area contributed by atoms with Crippen molar-refractivity contribution in [3.63, 3.8) is 0 Å². The summed E-state index contributed by atoms with van der Waals surface area (Å²) in [6.45, 7) is 5.20. The summed E-state index contributed by atoms with van der Waals surface area (Å²) in [6.07, 6.45) is 0.720. The minimum absolute atomic E-state index is 0.260. The van der Waals surface area contributed by atoms with E-state index in [0.29, 0.717) is 10.2 Å². The van der Waals surface area contributed by atoms with E-state index in [1.54, 1.807) is 34.0 Å². The van der Waals surface area contributed by atoms with Gasteiger partial charge in [-0.2, -0.15) is 5.10 Å². The van der Waals surface area contributed by atoms with Crippen LogP contribution in [0.5, 0.6) is 0 Å². The van der Waals surface area contributed by atoms with Gasteiger partial charge in [0, 0.05) is 18.8 Å². The number of nitrogens with zero attached hydrogens (tertiary/aromatic N) is 2. The van der Waals surface area contributed by atoms with Gasteiger partial charge in [-0.25, -0.2) is 4.79 Å². The Bertz CT molecular complexity index is 507. The Morgan fingerprint density at radius 1 is 1.55 bits per heavy atom. The Morgan fingerprint density at radius 3 is 2.55 bits per heavy atom. The minimum Gasteiger partial charge on any atom is -0.481 e. The van der Waals surface area contributed by atoms with Crippen molar-refractivity contribution in [3.8, 4) is 0 Å². The van der Waals surface area contributed by atoms with Gasteiger partial charge in [-0.15, -0.1) is 0 Å². The number of carbonyl (C=O) groups is 2. The van der Waals surface area contributed by atoms with Crippen LogP contribution in [0.1, 0.15) is 38.8 Å². The number of hydrogen-bond acceptors (Lipinski definition) is 4. The fraction of sp³-hybridized carbons (Fsp3) is 0.583. The highest BCUT2D eigenvalue weighted by molar-refractivity contribution is 9.10. The molecular weight excluding hydrogens is 330 g/mol. The van der Waals surface area contributed by atoms with Gasteiger partial charge in [0.25, 0.3) is 0 Å². The molecule has 1 rings (SSSR count). The van der Waals surface area contributed by atoms with Crippen LogP contribution in [-0.4, -0.2) is 32.6 Å². The van der Waals surface area contributed by atoms with Crippen LogP contribution in [0.3, 0.4) is 0 Å². The van der Waals surface area contributed by atoms with Crippen LogP contribution in [-0.2, 0) is 16.6 Å². The number of hydrogen-bond donors (Lipinski definition) is 2. The van der Waals surface area contributed by atoms with Gasteiger partial charge in [0.05, 0.1) is 12.5 Å². The van der Waals surface area contributed by atoms with E-state index in [4.69, 9.17) is 9.84 Å². The van der Waals surface area contributed by atoms with Crippen LogP contribution in [0, 0.1) is 0 Å². The van der Waals surface area contributed by atoms with Crippen LogP contribution in [0.4, 0.5) is 4.79 Å². The van der Waals surface area contributed by atoms with Gasteiger partial charge in [0.1, 0.15) is 10.2 Å². The number of aryl methyl sites for hydroxylation is 1. The fourth-order valence-electron chi connectivity index (χ4n) is 1.58. The monoisotopic (exact) mass is 347 g/mol. The molecule has 0 aliphatic carbocycles. The molecule has 8 heteroatoms. The topological polar surface area (TPSA) is 93.5 Å². The van der Waals surface area contributed by atoms with E-state index < -0.39 is 23.7 Å². The molecule has 0 saturated carbocycles. The molecule has 0 spiro atoms. The number of carboxylic acids is 1. The van der Waals surface area contributed by atoms with Crippen molar-refractivity contribution in [2.75, 3.05) is 0 Å². The first-order valence-electron chi connectivity index (χ1n) is 5.99. The molecule has 1 amide bonds. The van der Waals surface area contributed by atoms with Gasteiger partial charge in [0.15, 0.2) is 0 Å². The number of nitrogens with one attached hydrogen (secondary N) is 1. The lowest BCUT2D eigenvalue weighted by Crippen LogP contribution is -2.35. The van der Waals surface area contributed by atoms with Gasteiger partial charge in [-0.1, -0.05) is 0 Å². The lowest BCUT2D eigenvalue weighted by Gasteiger charge is -2.22. The van der Waals surface area contributed by atoms with Crippen LogP contribution in [0.25, 0.3) is 0 Å². The Morgan fingerprint density at radius 2 is 2.15 bits per heavy atom. The Labute approximate surface area is 125 Å². The zero-order valence-corrected chi connectivity index (χ0v) is 13.4. The number of ether oxygens (including phenoxy) is 1. The van der Waals surface area contributed by atoms with E-state index in [-0.39, 0.29) is 6.42 Å². The second kappa shape index (κ2) is 6.25. The number of rotatable bonds is 4. The third kappa shape index (κ3) is 5.20. The van der Waals surface area contributed by atoms with Gasteiger partial charge >= 0.3 is 12.1 Å². The number of carboxylic acid groups (broad SMARTS) is 1. The molecule has 1 atom stereocenters. The Hall–Kier alpha value is -1.57. The maximum absolute atomic E-state index is 11.8. The molecule has 0 fully saturated rings. The summed E-state index contributed by atoms with van der Waals surface area (Å²) < 4.78 is 7.15. The highest BCUT2D eigenvalue weighted by atomic mass is 79.9. The van der Waals surface area contributed by atoms with E-state index in [1.165, 1.54) is 4.68 Å². The van der Waals surface area contributed by atoms with Crippen molar-refractivity contribution < 1.29 is 19.4 Å². The lowest BCUT2D eigenvalue weighted by molar-refractivity contribution is -0.137. The molecule has 0 radical (unpaired) electrons. The summed E-state index contributed by atoms with van der Waals surface area (Å²) in [4.78, 5) is 22.7. The maximum atomic E-state index is 11.8. The average molecular weight is 348 g/mol. The van der Waals surface area contributed by atoms with Crippen LogP contribution >= 0.6 is 15.9 Å². The van der Waals surface area contributed by atoms with Gasteiger partial charge in [-0.3, -0.25) is 9.48 Å². The van der Waals surface area contributed by atoms with E-state index in [2.05, 4.69) is 26.3 Å². The molecular formula is C12H18BrN3O4. The van der Waals surface area contributed by atoms with Crippen LogP contribution in [0.2, 0.25) is 0 Å². The molecule has 112 valence electrons. The van der Waals surface area contributed by atoms with Crippen molar-refractivity contribution in [1.29, 1.82) is 0 Å². The molecule has 0 aromatic carbocycles. The summed E-state index contributed by atoms with van der Waals surface area (Å²) in [5.74, 6) is -1.03. The number of aliphatic carboxylic acids is 1. The van der Waals surface area contributed by atoms with Crippen molar-refractivity contribution in [2.45, 2.75) is 38.8 Å². The van der Waals surface area contributed by atoms with E-state index in [9.17, 15) is 9.59 Å². The largest absolute Gasteiger partial charge is 0.481 e. The molecule has 0 bridgehead atoms. The molecule has 0 aliphatic rings. The number of amides is 1. The third-order valence-corrected chi connectivity index (χ3v) is 2.87. The first-order valence-corrected chi connectivity index (χ1v) is 6.78. The molecule has 1 unspecified atom stereocenters. The first-order chi connectivity index (χ1) is 9.08. The SMILES string of the molecule is Cn1cc(C(CC(=O)O)NC(=O)OC(C)(C)C)c(Br)n1. The minimum atomic E-state index is -1.03. The fourth-order valence-corrected chi connectivity index (χ4v) is 2.21. The molecule has 20 heavy (non-hydrogen) atoms. The van der Waals surface area contributed by atoms with E-state index in [0.717, 1.165) is 0 Å². The smallest absolute Gasteiger partial charge is 0.408 e. The summed E-state index contributed by atoms with van der Waals surface area (Å²) in [7, 11) is 1.71. The number of halogens is 1. The number of carbonyl (C=O) groups excluding carboxylic acids is 1. The Balaban J connectivity index is 2.88. The molecule has 2 N–H and O–H groups in total. The second-order valence-corrected chi connectivity index (χ2v) is 6.10. The lowest BCUT2D eigenvalue weighted by atomic mass is 10.1. The second-order valence-electron chi connectivity index (χ2n) is 5.35. The summed E-state index contributed by atoms with van der Waals surface area (Å²) in [6, 6.07) is -0.717. The van der Waals surface area contributed by atoms with Crippen molar-refractivity contribution in [3.05, 3.63) is 16.4 Å². The highest BCUT2D eigenvalue weighted by Gasteiger charge is 2.25. The van der Waals surface area contributed by atoms with Crippen molar-refractivity contribution >= 4 is 28.0 Å². The highest BCUT2D eigenvalue weighted by Crippen LogP contribution is 2.25. The van der Waals surface area contributed by atoms with Crippen molar-refractivity contribution in [2.24, 2.45) is 7.05 Å². The predicted molar refractivity (Wildman–Crippen MR) is 75.3 cm³/mol. The first kappa shape index (κ1) is 16.5. The summed E-state index contributed by atoms with van der Waals surface area (Å²) in [5, 5.41) is 15.6. The average Bonchev–Trinajstić information content (AvgIpc) is 2.53. The van der Waals surface area contributed by atoms with Gasteiger partial charge < -0.3 is 15.2 Å². The predicted octanol–water partition coefficient (Wildman–Crippen LogP) is 2.22. The molecule has 0 aliphatic heterocycles.